The highest BCUT2D eigenvalue weighted by molar-refractivity contribution is 6.10. The van der Waals surface area contributed by atoms with E-state index in [1.807, 2.05) is 0 Å². The minimum atomic E-state index is -0.487. The molecule has 11 aromatic carbocycles. The average Bonchev–Trinajstić information content (AvgIpc) is 3.92. The molecule has 324 valence electrons. The van der Waals surface area contributed by atoms with Crippen LogP contribution in [0.1, 0.15) is 22.3 Å². The molecule has 12 aromatic rings. The fourth-order valence-corrected chi connectivity index (χ4v) is 11.2. The van der Waals surface area contributed by atoms with Crippen molar-refractivity contribution < 1.29 is 0 Å². The molecule has 2 heteroatoms. The van der Waals surface area contributed by atoms with E-state index in [0.29, 0.717) is 0 Å². The zero-order chi connectivity index (χ0) is 45.7. The maximum Gasteiger partial charge on any atom is 0.0714 e. The minimum absolute atomic E-state index is 0.487. The fraction of sp³-hybridized carbons (Fsp3) is 0.0149. The van der Waals surface area contributed by atoms with Gasteiger partial charge in [0.2, 0.25) is 0 Å². The number of hydrogen-bond acceptors (Lipinski definition) is 1. The molecule has 2 nitrogen and oxygen atoms in total. The molecule has 0 saturated heterocycles. The summed E-state index contributed by atoms with van der Waals surface area (Å²) < 4.78 is 2.48. The Labute approximate surface area is 403 Å². The first-order valence-corrected chi connectivity index (χ1v) is 23.8. The molecule has 0 aliphatic heterocycles. The van der Waals surface area contributed by atoms with E-state index in [2.05, 4.69) is 289 Å². The van der Waals surface area contributed by atoms with Gasteiger partial charge in [-0.3, -0.25) is 0 Å². The van der Waals surface area contributed by atoms with Crippen molar-refractivity contribution in [3.63, 3.8) is 0 Å². The zero-order valence-corrected chi connectivity index (χ0v) is 38.0. The van der Waals surface area contributed by atoms with Gasteiger partial charge in [0.15, 0.2) is 0 Å². The van der Waals surface area contributed by atoms with Crippen molar-refractivity contribution in [2.45, 2.75) is 5.41 Å². The number of rotatable bonds is 9. The third-order valence-electron chi connectivity index (χ3n) is 14.3. The fourth-order valence-electron chi connectivity index (χ4n) is 11.2. The van der Waals surface area contributed by atoms with E-state index < -0.39 is 5.41 Å². The van der Waals surface area contributed by atoms with Crippen LogP contribution in [-0.4, -0.2) is 4.57 Å². The Balaban J connectivity index is 0.927. The van der Waals surface area contributed by atoms with Crippen LogP contribution in [0.4, 0.5) is 17.1 Å². The molecular weight excluding hydrogens is 833 g/mol. The Morgan fingerprint density at radius 2 is 0.812 bits per heavy atom. The first-order chi connectivity index (χ1) is 34.2. The molecule has 69 heavy (non-hydrogen) atoms. The molecule has 0 fully saturated rings. The van der Waals surface area contributed by atoms with E-state index in [9.17, 15) is 0 Å². The Kier molecular flexibility index (Phi) is 9.77. The van der Waals surface area contributed by atoms with Gasteiger partial charge < -0.3 is 9.47 Å². The second-order valence-electron chi connectivity index (χ2n) is 18.0. The molecule has 0 bridgehead atoms. The Morgan fingerprint density at radius 1 is 0.290 bits per heavy atom. The molecule has 1 heterocycles. The number of para-hydroxylation sites is 3. The van der Waals surface area contributed by atoms with Crippen molar-refractivity contribution in [2.75, 3.05) is 4.90 Å². The van der Waals surface area contributed by atoms with Gasteiger partial charge in [-0.15, -0.1) is 0 Å². The van der Waals surface area contributed by atoms with Gasteiger partial charge in [0.1, 0.15) is 0 Å². The van der Waals surface area contributed by atoms with Crippen LogP contribution in [0.3, 0.4) is 0 Å². The Bertz CT molecular complexity index is 3780. The Morgan fingerprint density at radius 3 is 1.57 bits per heavy atom. The van der Waals surface area contributed by atoms with Crippen molar-refractivity contribution in [1.82, 2.24) is 4.57 Å². The number of hydrogen-bond donors (Lipinski definition) is 0. The summed E-state index contributed by atoms with van der Waals surface area (Å²) in [5, 5.41) is 2.47. The summed E-state index contributed by atoms with van der Waals surface area (Å²) in [6.45, 7) is 0. The van der Waals surface area contributed by atoms with Gasteiger partial charge in [-0.1, -0.05) is 224 Å². The highest BCUT2D eigenvalue weighted by Crippen LogP contribution is 2.56. The van der Waals surface area contributed by atoms with Crippen LogP contribution in [0.15, 0.2) is 279 Å². The van der Waals surface area contributed by atoms with Gasteiger partial charge in [-0.2, -0.15) is 0 Å². The summed E-state index contributed by atoms with van der Waals surface area (Å²) in [5.74, 6) is 0. The third-order valence-corrected chi connectivity index (χ3v) is 14.3. The van der Waals surface area contributed by atoms with Gasteiger partial charge >= 0.3 is 0 Å². The normalized spacial score (nSPS) is 12.5. The van der Waals surface area contributed by atoms with E-state index >= 15 is 0 Å². The number of anilines is 3. The van der Waals surface area contributed by atoms with Crippen LogP contribution in [0, 0.1) is 0 Å². The van der Waals surface area contributed by atoms with Gasteiger partial charge in [-0.25, -0.2) is 0 Å². The van der Waals surface area contributed by atoms with E-state index in [4.69, 9.17) is 0 Å². The van der Waals surface area contributed by atoms with E-state index in [1.54, 1.807) is 0 Å². The number of fused-ring (bicyclic) bond motifs is 6. The lowest BCUT2D eigenvalue weighted by Crippen LogP contribution is -2.28. The van der Waals surface area contributed by atoms with Crippen LogP contribution < -0.4 is 4.90 Å². The molecule has 0 atom stereocenters. The quantitative estimate of drug-likeness (QED) is 0.140. The largest absolute Gasteiger partial charge is 0.310 e. The highest BCUT2D eigenvalue weighted by Gasteiger charge is 2.46. The predicted octanol–water partition coefficient (Wildman–Crippen LogP) is 17.6. The van der Waals surface area contributed by atoms with Gasteiger partial charge in [0.25, 0.3) is 0 Å². The summed E-state index contributed by atoms with van der Waals surface area (Å²) in [7, 11) is 0. The summed E-state index contributed by atoms with van der Waals surface area (Å²) >= 11 is 0. The van der Waals surface area contributed by atoms with Crippen molar-refractivity contribution in [3.8, 4) is 50.2 Å². The lowest BCUT2D eigenvalue weighted by molar-refractivity contribution is 0.767. The third kappa shape index (κ3) is 6.64. The predicted molar refractivity (Wildman–Crippen MR) is 289 cm³/mol. The summed E-state index contributed by atoms with van der Waals surface area (Å²) in [4.78, 5) is 2.38. The standard InChI is InChI=1S/C67H46N2/c1-5-20-47(21-6-1)50-22-19-29-55(44-50)68(54-27-11-4-12-28-54)64-34-17-14-30-57(64)49-38-36-48(37-39-49)51-40-42-61-60-32-15-18-35-65(60)69(66(61)45-51)56-41-43-59-58-31-13-16-33-62(58)67(63(59)46-56,52-23-7-2-8-24-52)53-25-9-3-10-26-53/h1-46H. The summed E-state index contributed by atoms with van der Waals surface area (Å²) in [5.41, 5.74) is 21.1. The topological polar surface area (TPSA) is 8.17 Å². The smallest absolute Gasteiger partial charge is 0.0714 e. The molecule has 1 aliphatic rings. The number of nitrogens with zero attached hydrogens (tertiary/aromatic N) is 2. The first kappa shape index (κ1) is 40.3. The second-order valence-corrected chi connectivity index (χ2v) is 18.0. The molecule has 0 amide bonds. The second kappa shape index (κ2) is 16.7. The lowest BCUT2D eigenvalue weighted by Gasteiger charge is -2.34. The van der Waals surface area contributed by atoms with E-state index in [0.717, 1.165) is 33.9 Å². The average molecular weight is 879 g/mol. The van der Waals surface area contributed by atoms with E-state index in [-0.39, 0.29) is 0 Å². The zero-order valence-electron chi connectivity index (χ0n) is 38.0. The van der Waals surface area contributed by atoms with Crippen molar-refractivity contribution in [2.24, 2.45) is 0 Å². The molecule has 0 unspecified atom stereocenters. The molecule has 0 radical (unpaired) electrons. The monoisotopic (exact) mass is 878 g/mol. The Hall–Kier alpha value is -8.98. The number of benzene rings is 11. The molecule has 1 aliphatic carbocycles. The van der Waals surface area contributed by atoms with Crippen LogP contribution in [0.25, 0.3) is 72.0 Å². The van der Waals surface area contributed by atoms with Crippen molar-refractivity contribution in [3.05, 3.63) is 301 Å². The SMILES string of the molecule is c1ccc(-c2cccc(N(c3ccccc3)c3ccccc3-c3ccc(-c4ccc5c6ccccc6n(-c6ccc7c(c6)C(c6ccccc6)(c6ccccc6)c6ccccc6-7)c5c4)cc3)c2)cc1. The molecular formula is C67H46N2. The molecule has 0 saturated carbocycles. The van der Waals surface area contributed by atoms with Crippen LogP contribution in [0.5, 0.6) is 0 Å². The molecule has 1 aromatic heterocycles. The molecule has 13 rings (SSSR count). The van der Waals surface area contributed by atoms with Crippen molar-refractivity contribution >= 4 is 38.9 Å². The van der Waals surface area contributed by atoms with Crippen LogP contribution >= 0.6 is 0 Å². The minimum Gasteiger partial charge on any atom is -0.310 e. The highest BCUT2D eigenvalue weighted by atomic mass is 15.1. The molecule has 0 N–H and O–H groups in total. The van der Waals surface area contributed by atoms with Crippen molar-refractivity contribution in [1.29, 1.82) is 0 Å². The van der Waals surface area contributed by atoms with Crippen LogP contribution in [0.2, 0.25) is 0 Å². The maximum atomic E-state index is 2.48. The van der Waals surface area contributed by atoms with Gasteiger partial charge in [0.05, 0.1) is 22.1 Å². The summed E-state index contributed by atoms with van der Waals surface area (Å²) in [6.07, 6.45) is 0. The number of aromatic nitrogens is 1. The maximum absolute atomic E-state index is 2.48. The van der Waals surface area contributed by atoms with E-state index in [1.165, 1.54) is 77.4 Å². The van der Waals surface area contributed by atoms with Gasteiger partial charge in [-0.05, 0) is 116 Å². The molecule has 0 spiro atoms. The summed E-state index contributed by atoms with van der Waals surface area (Å²) in [6, 6.07) is 102. The van der Waals surface area contributed by atoms with Gasteiger partial charge in [0, 0.05) is 33.4 Å². The lowest BCUT2D eigenvalue weighted by atomic mass is 9.67. The van der Waals surface area contributed by atoms with Crippen LogP contribution in [-0.2, 0) is 5.41 Å². The first-order valence-electron chi connectivity index (χ1n) is 23.8.